The lowest BCUT2D eigenvalue weighted by Gasteiger charge is -2.39. The van der Waals surface area contributed by atoms with E-state index in [4.69, 9.17) is 14.2 Å². The fraction of sp³-hybridized carbons (Fsp3) is 1.00. The Labute approximate surface area is 139 Å². The van der Waals surface area contributed by atoms with Crippen LogP contribution in [0.3, 0.4) is 0 Å². The summed E-state index contributed by atoms with van der Waals surface area (Å²) in [5.74, 6) is 0. The molecular formula is C17H34O6. The van der Waals surface area contributed by atoms with Gasteiger partial charge in [-0.2, -0.15) is 0 Å². The summed E-state index contributed by atoms with van der Waals surface area (Å²) in [4.78, 5) is 0. The van der Waals surface area contributed by atoms with E-state index in [2.05, 4.69) is 6.92 Å². The third-order valence-electron chi connectivity index (χ3n) is 4.33. The van der Waals surface area contributed by atoms with E-state index in [1.807, 2.05) is 0 Å². The first kappa shape index (κ1) is 20.8. The van der Waals surface area contributed by atoms with Crippen LogP contribution in [0.2, 0.25) is 0 Å². The summed E-state index contributed by atoms with van der Waals surface area (Å²) in [7, 11) is 1.39. The molecule has 0 saturated carbocycles. The molecule has 1 heterocycles. The Kier molecular flexibility index (Phi) is 11.0. The van der Waals surface area contributed by atoms with Crippen molar-refractivity contribution in [3.05, 3.63) is 0 Å². The summed E-state index contributed by atoms with van der Waals surface area (Å²) in [5.41, 5.74) is 0. The van der Waals surface area contributed by atoms with Crippen molar-refractivity contribution in [3.63, 3.8) is 0 Å². The molecule has 0 radical (unpaired) electrons. The van der Waals surface area contributed by atoms with Crippen LogP contribution in [0, 0.1) is 0 Å². The molecule has 0 amide bonds. The summed E-state index contributed by atoms with van der Waals surface area (Å²) >= 11 is 0. The van der Waals surface area contributed by atoms with Gasteiger partial charge in [-0.15, -0.1) is 0 Å². The van der Waals surface area contributed by atoms with E-state index >= 15 is 0 Å². The highest BCUT2D eigenvalue weighted by atomic mass is 16.7. The van der Waals surface area contributed by atoms with Gasteiger partial charge in [0.1, 0.15) is 24.4 Å². The molecule has 1 rings (SSSR count). The molecule has 6 nitrogen and oxygen atoms in total. The molecule has 3 N–H and O–H groups in total. The molecule has 0 spiro atoms. The molecule has 0 aliphatic carbocycles. The fourth-order valence-corrected chi connectivity index (χ4v) is 2.79. The molecule has 6 heteroatoms. The first-order valence-electron chi connectivity index (χ1n) is 8.92. The second kappa shape index (κ2) is 12.2. The minimum absolute atomic E-state index is 0.182. The molecule has 138 valence electrons. The van der Waals surface area contributed by atoms with Gasteiger partial charge in [-0.25, -0.2) is 0 Å². The molecule has 1 aliphatic rings. The number of rotatable bonds is 12. The zero-order valence-corrected chi connectivity index (χ0v) is 14.5. The summed E-state index contributed by atoms with van der Waals surface area (Å²) in [5, 5.41) is 29.3. The van der Waals surface area contributed by atoms with Crippen LogP contribution >= 0.6 is 0 Å². The van der Waals surface area contributed by atoms with Gasteiger partial charge >= 0.3 is 0 Å². The highest BCUT2D eigenvalue weighted by molar-refractivity contribution is 4.88. The fourth-order valence-electron chi connectivity index (χ4n) is 2.79. The number of aliphatic hydroxyl groups excluding tert-OH is 3. The Morgan fingerprint density at radius 3 is 2.04 bits per heavy atom. The normalized spacial score (nSPS) is 31.4. The highest BCUT2D eigenvalue weighted by Gasteiger charge is 2.43. The van der Waals surface area contributed by atoms with Gasteiger partial charge in [0.25, 0.3) is 0 Å². The standard InChI is InChI=1S/C17H34O6/c1-3-4-5-6-7-8-9-10-11-22-12-13-14(18)15(19)16(20)17(21-2)23-13/h13-20H,3-12H2,1-2H3/t13-,14-,15+,16-,17?/m1/s1. The molecule has 1 aliphatic heterocycles. The van der Waals surface area contributed by atoms with E-state index in [0.29, 0.717) is 6.61 Å². The Morgan fingerprint density at radius 1 is 0.826 bits per heavy atom. The topological polar surface area (TPSA) is 88.4 Å². The van der Waals surface area contributed by atoms with Gasteiger partial charge in [0.2, 0.25) is 0 Å². The largest absolute Gasteiger partial charge is 0.387 e. The molecule has 0 aromatic carbocycles. The van der Waals surface area contributed by atoms with Gasteiger partial charge < -0.3 is 29.5 Å². The number of methoxy groups -OCH3 is 1. The Bertz CT molecular complexity index is 286. The summed E-state index contributed by atoms with van der Waals surface area (Å²) in [6.45, 7) is 3.01. The minimum Gasteiger partial charge on any atom is -0.387 e. The third-order valence-corrected chi connectivity index (χ3v) is 4.33. The monoisotopic (exact) mass is 334 g/mol. The maximum Gasteiger partial charge on any atom is 0.186 e. The van der Waals surface area contributed by atoms with Gasteiger partial charge in [-0.1, -0.05) is 51.9 Å². The third kappa shape index (κ3) is 7.45. The summed E-state index contributed by atoms with van der Waals surface area (Å²) in [6, 6.07) is 0. The first-order chi connectivity index (χ1) is 11.1. The lowest BCUT2D eigenvalue weighted by atomic mass is 9.99. The van der Waals surface area contributed by atoms with Crippen molar-refractivity contribution in [1.29, 1.82) is 0 Å². The Balaban J connectivity index is 2.06. The van der Waals surface area contributed by atoms with Gasteiger partial charge in [0.05, 0.1) is 6.61 Å². The van der Waals surface area contributed by atoms with E-state index < -0.39 is 30.7 Å². The molecule has 0 aromatic rings. The van der Waals surface area contributed by atoms with Crippen LogP contribution in [-0.4, -0.2) is 66.3 Å². The zero-order chi connectivity index (χ0) is 17.1. The van der Waals surface area contributed by atoms with Crippen LogP contribution in [0.5, 0.6) is 0 Å². The molecule has 1 unspecified atom stereocenters. The van der Waals surface area contributed by atoms with Gasteiger partial charge in [0.15, 0.2) is 6.29 Å². The van der Waals surface area contributed by atoms with Crippen molar-refractivity contribution in [2.75, 3.05) is 20.3 Å². The predicted molar refractivity (Wildman–Crippen MR) is 87.1 cm³/mol. The number of ether oxygens (including phenoxy) is 3. The lowest BCUT2D eigenvalue weighted by Crippen LogP contribution is -2.59. The Morgan fingerprint density at radius 2 is 1.43 bits per heavy atom. The quantitative estimate of drug-likeness (QED) is 0.470. The maximum absolute atomic E-state index is 9.89. The van der Waals surface area contributed by atoms with Crippen LogP contribution in [0.25, 0.3) is 0 Å². The summed E-state index contributed by atoms with van der Waals surface area (Å²) < 4.78 is 15.9. The highest BCUT2D eigenvalue weighted by Crippen LogP contribution is 2.22. The second-order valence-corrected chi connectivity index (χ2v) is 6.30. The van der Waals surface area contributed by atoms with Gasteiger partial charge in [-0.3, -0.25) is 0 Å². The van der Waals surface area contributed by atoms with Crippen molar-refractivity contribution in [1.82, 2.24) is 0 Å². The van der Waals surface area contributed by atoms with Crippen LogP contribution in [0.15, 0.2) is 0 Å². The minimum atomic E-state index is -1.29. The SMILES string of the molecule is CCCCCCCCCCOC[C@H]1OC(OC)[C@H](O)[C@@H](O)[C@@H]1O. The molecule has 1 saturated heterocycles. The van der Waals surface area contributed by atoms with E-state index in [9.17, 15) is 15.3 Å². The molecular weight excluding hydrogens is 300 g/mol. The number of hydrogen-bond acceptors (Lipinski definition) is 6. The van der Waals surface area contributed by atoms with Crippen LogP contribution in [0.1, 0.15) is 58.3 Å². The Hall–Kier alpha value is -0.240. The smallest absolute Gasteiger partial charge is 0.186 e. The molecule has 0 bridgehead atoms. The van der Waals surface area contributed by atoms with Gasteiger partial charge in [-0.05, 0) is 6.42 Å². The van der Waals surface area contributed by atoms with Crippen molar-refractivity contribution in [3.8, 4) is 0 Å². The first-order valence-corrected chi connectivity index (χ1v) is 8.92. The van der Waals surface area contributed by atoms with E-state index in [1.54, 1.807) is 0 Å². The predicted octanol–water partition coefficient (Wildman–Crippen LogP) is 1.60. The lowest BCUT2D eigenvalue weighted by molar-refractivity contribution is -0.296. The van der Waals surface area contributed by atoms with Gasteiger partial charge in [0, 0.05) is 13.7 Å². The van der Waals surface area contributed by atoms with Crippen LogP contribution < -0.4 is 0 Å². The van der Waals surface area contributed by atoms with E-state index in [-0.39, 0.29) is 6.61 Å². The second-order valence-electron chi connectivity index (χ2n) is 6.30. The van der Waals surface area contributed by atoms with Crippen molar-refractivity contribution in [2.45, 2.75) is 89.0 Å². The van der Waals surface area contributed by atoms with E-state index in [0.717, 1.165) is 12.8 Å². The van der Waals surface area contributed by atoms with Crippen molar-refractivity contribution < 1.29 is 29.5 Å². The number of hydrogen-bond donors (Lipinski definition) is 3. The van der Waals surface area contributed by atoms with Crippen LogP contribution in [-0.2, 0) is 14.2 Å². The van der Waals surface area contributed by atoms with Crippen molar-refractivity contribution >= 4 is 0 Å². The van der Waals surface area contributed by atoms with Crippen LogP contribution in [0.4, 0.5) is 0 Å². The molecule has 0 aromatic heterocycles. The zero-order valence-electron chi connectivity index (χ0n) is 14.5. The maximum atomic E-state index is 9.89. The molecule has 5 atom stereocenters. The molecule has 23 heavy (non-hydrogen) atoms. The van der Waals surface area contributed by atoms with Crippen molar-refractivity contribution in [2.24, 2.45) is 0 Å². The number of aliphatic hydroxyl groups is 3. The summed E-state index contributed by atoms with van der Waals surface area (Å²) in [6.07, 6.45) is 4.55. The number of unbranched alkanes of at least 4 members (excludes halogenated alkanes) is 7. The average Bonchev–Trinajstić information content (AvgIpc) is 2.56. The van der Waals surface area contributed by atoms with E-state index in [1.165, 1.54) is 45.6 Å². The average molecular weight is 334 g/mol. The molecule has 1 fully saturated rings.